The zero-order valence-corrected chi connectivity index (χ0v) is 9.53. The number of methoxy groups -OCH3 is 1. The Balaban J connectivity index is 2.85. The quantitative estimate of drug-likeness (QED) is 0.800. The number of rotatable bonds is 4. The van der Waals surface area contributed by atoms with Crippen molar-refractivity contribution in [2.75, 3.05) is 7.11 Å². The van der Waals surface area contributed by atoms with Crippen LogP contribution in [0, 0.1) is 5.92 Å². The van der Waals surface area contributed by atoms with Crippen LogP contribution >= 0.6 is 0 Å². The number of ether oxygens (including phenoxy) is 1. The van der Waals surface area contributed by atoms with Crippen molar-refractivity contribution >= 4 is 0 Å². The first-order valence-corrected chi connectivity index (χ1v) is 5.17. The second-order valence-corrected chi connectivity index (χ2v) is 4.16. The van der Waals surface area contributed by atoms with E-state index in [0.717, 1.165) is 12.0 Å². The van der Waals surface area contributed by atoms with E-state index in [4.69, 9.17) is 10.5 Å². The molecule has 0 unspecified atom stereocenters. The Morgan fingerprint density at radius 2 is 2.07 bits per heavy atom. The summed E-state index contributed by atoms with van der Waals surface area (Å²) < 4.78 is 5.01. The highest BCUT2D eigenvalue weighted by Gasteiger charge is 2.12. The lowest BCUT2D eigenvalue weighted by Crippen LogP contribution is -2.13. The molecule has 0 aromatic heterocycles. The second-order valence-electron chi connectivity index (χ2n) is 4.16. The van der Waals surface area contributed by atoms with Crippen LogP contribution in [0.5, 0.6) is 11.5 Å². The standard InChI is InChI=1S/C12H19NO2/c1-8(2)6-11(13)10-5-4-9(15-3)7-12(10)14/h4-5,7-8,11,14H,6,13H2,1-3H3/t11-/m0/s1. The maximum atomic E-state index is 9.75. The molecule has 0 aliphatic heterocycles. The average Bonchev–Trinajstić information content (AvgIpc) is 2.16. The van der Waals surface area contributed by atoms with E-state index in [1.807, 2.05) is 12.1 Å². The Morgan fingerprint density at radius 1 is 1.40 bits per heavy atom. The zero-order chi connectivity index (χ0) is 11.4. The molecule has 3 N–H and O–H groups in total. The van der Waals surface area contributed by atoms with Crippen LogP contribution in [-0.4, -0.2) is 12.2 Å². The molecule has 0 radical (unpaired) electrons. The zero-order valence-electron chi connectivity index (χ0n) is 9.53. The minimum absolute atomic E-state index is 0.115. The fourth-order valence-corrected chi connectivity index (χ4v) is 1.60. The van der Waals surface area contributed by atoms with Crippen LogP contribution in [0.15, 0.2) is 18.2 Å². The van der Waals surface area contributed by atoms with Crippen molar-refractivity contribution in [3.8, 4) is 11.5 Å². The van der Waals surface area contributed by atoms with E-state index in [9.17, 15) is 5.11 Å². The van der Waals surface area contributed by atoms with Gasteiger partial charge in [-0.3, -0.25) is 0 Å². The first kappa shape index (κ1) is 11.9. The van der Waals surface area contributed by atoms with Gasteiger partial charge < -0.3 is 15.6 Å². The average molecular weight is 209 g/mol. The second kappa shape index (κ2) is 5.03. The van der Waals surface area contributed by atoms with E-state index < -0.39 is 0 Å². The van der Waals surface area contributed by atoms with Gasteiger partial charge in [-0.05, 0) is 18.4 Å². The molecule has 84 valence electrons. The van der Waals surface area contributed by atoms with Gasteiger partial charge in [0.1, 0.15) is 11.5 Å². The predicted octanol–water partition coefficient (Wildman–Crippen LogP) is 2.45. The minimum Gasteiger partial charge on any atom is -0.507 e. The van der Waals surface area contributed by atoms with Gasteiger partial charge in [-0.25, -0.2) is 0 Å². The molecule has 1 aromatic carbocycles. The number of phenols is 1. The Hall–Kier alpha value is -1.22. The van der Waals surface area contributed by atoms with Crippen molar-refractivity contribution in [2.45, 2.75) is 26.3 Å². The first-order valence-electron chi connectivity index (χ1n) is 5.17. The van der Waals surface area contributed by atoms with E-state index in [2.05, 4.69) is 13.8 Å². The van der Waals surface area contributed by atoms with Gasteiger partial charge in [-0.1, -0.05) is 19.9 Å². The highest BCUT2D eigenvalue weighted by atomic mass is 16.5. The number of hydrogen-bond acceptors (Lipinski definition) is 3. The van der Waals surface area contributed by atoms with Crippen LogP contribution in [0.1, 0.15) is 31.9 Å². The molecule has 0 spiro atoms. The van der Waals surface area contributed by atoms with Crippen LogP contribution < -0.4 is 10.5 Å². The molecular formula is C12H19NO2. The molecule has 15 heavy (non-hydrogen) atoms. The van der Waals surface area contributed by atoms with E-state index in [-0.39, 0.29) is 11.8 Å². The SMILES string of the molecule is COc1ccc([C@@H](N)CC(C)C)c(O)c1. The van der Waals surface area contributed by atoms with Gasteiger partial charge in [0.2, 0.25) is 0 Å². The number of hydrogen-bond donors (Lipinski definition) is 2. The topological polar surface area (TPSA) is 55.5 Å². The van der Waals surface area contributed by atoms with Crippen molar-refractivity contribution in [1.82, 2.24) is 0 Å². The molecule has 0 heterocycles. The van der Waals surface area contributed by atoms with Crippen LogP contribution in [0.4, 0.5) is 0 Å². The molecule has 0 saturated carbocycles. The number of phenolic OH excluding ortho intramolecular Hbond substituents is 1. The van der Waals surface area contributed by atoms with Gasteiger partial charge in [-0.15, -0.1) is 0 Å². The van der Waals surface area contributed by atoms with Gasteiger partial charge in [0.25, 0.3) is 0 Å². The van der Waals surface area contributed by atoms with Crippen molar-refractivity contribution in [1.29, 1.82) is 0 Å². The van der Waals surface area contributed by atoms with Crippen molar-refractivity contribution in [2.24, 2.45) is 11.7 Å². The minimum atomic E-state index is -0.115. The Kier molecular flexibility index (Phi) is 3.97. The first-order chi connectivity index (χ1) is 7.04. The molecule has 0 aliphatic carbocycles. The third kappa shape index (κ3) is 3.13. The Morgan fingerprint density at radius 3 is 2.53 bits per heavy atom. The van der Waals surface area contributed by atoms with Crippen molar-refractivity contribution < 1.29 is 9.84 Å². The highest BCUT2D eigenvalue weighted by Crippen LogP contribution is 2.30. The van der Waals surface area contributed by atoms with Crippen LogP contribution in [0.2, 0.25) is 0 Å². The summed E-state index contributed by atoms with van der Waals surface area (Å²) in [6, 6.07) is 5.11. The van der Waals surface area contributed by atoms with Gasteiger partial charge in [-0.2, -0.15) is 0 Å². The number of benzene rings is 1. The monoisotopic (exact) mass is 209 g/mol. The van der Waals surface area contributed by atoms with Gasteiger partial charge in [0.15, 0.2) is 0 Å². The maximum absolute atomic E-state index is 9.75. The molecule has 1 rings (SSSR count). The van der Waals surface area contributed by atoms with Crippen molar-refractivity contribution in [3.63, 3.8) is 0 Å². The van der Waals surface area contributed by atoms with E-state index in [0.29, 0.717) is 11.7 Å². The van der Waals surface area contributed by atoms with Gasteiger partial charge >= 0.3 is 0 Å². The van der Waals surface area contributed by atoms with Crippen LogP contribution in [0.25, 0.3) is 0 Å². The summed E-state index contributed by atoms with van der Waals surface area (Å²) in [5.41, 5.74) is 6.77. The molecule has 1 aromatic rings. The Bertz CT molecular complexity index is 323. The maximum Gasteiger partial charge on any atom is 0.124 e. The van der Waals surface area contributed by atoms with Gasteiger partial charge in [0.05, 0.1) is 7.11 Å². The molecule has 0 saturated heterocycles. The summed E-state index contributed by atoms with van der Waals surface area (Å²) in [7, 11) is 1.57. The summed E-state index contributed by atoms with van der Waals surface area (Å²) >= 11 is 0. The molecule has 3 heteroatoms. The smallest absolute Gasteiger partial charge is 0.124 e. The van der Waals surface area contributed by atoms with E-state index in [1.165, 1.54) is 0 Å². The molecule has 3 nitrogen and oxygen atoms in total. The fraction of sp³-hybridized carbons (Fsp3) is 0.500. The van der Waals surface area contributed by atoms with Gasteiger partial charge in [0, 0.05) is 17.7 Å². The van der Waals surface area contributed by atoms with Crippen molar-refractivity contribution in [3.05, 3.63) is 23.8 Å². The van der Waals surface area contributed by atoms with Crippen LogP contribution in [0.3, 0.4) is 0 Å². The predicted molar refractivity (Wildman–Crippen MR) is 61.0 cm³/mol. The fourth-order valence-electron chi connectivity index (χ4n) is 1.60. The van der Waals surface area contributed by atoms with E-state index in [1.54, 1.807) is 13.2 Å². The summed E-state index contributed by atoms with van der Waals surface area (Å²) in [4.78, 5) is 0. The largest absolute Gasteiger partial charge is 0.507 e. The normalized spacial score (nSPS) is 12.9. The third-order valence-electron chi connectivity index (χ3n) is 2.36. The molecule has 0 aliphatic rings. The molecule has 1 atom stereocenters. The lowest BCUT2D eigenvalue weighted by Gasteiger charge is -2.16. The van der Waals surface area contributed by atoms with Crippen LogP contribution in [-0.2, 0) is 0 Å². The third-order valence-corrected chi connectivity index (χ3v) is 2.36. The van der Waals surface area contributed by atoms with E-state index >= 15 is 0 Å². The number of aromatic hydroxyl groups is 1. The lowest BCUT2D eigenvalue weighted by atomic mass is 9.97. The summed E-state index contributed by atoms with van der Waals surface area (Å²) in [5.74, 6) is 1.37. The molecule has 0 fully saturated rings. The summed E-state index contributed by atoms with van der Waals surface area (Å²) in [6.45, 7) is 4.22. The summed E-state index contributed by atoms with van der Waals surface area (Å²) in [6.07, 6.45) is 0.861. The lowest BCUT2D eigenvalue weighted by molar-refractivity contribution is 0.403. The molecular weight excluding hydrogens is 190 g/mol. The molecule has 0 bridgehead atoms. The number of nitrogens with two attached hydrogens (primary N) is 1. The highest BCUT2D eigenvalue weighted by molar-refractivity contribution is 5.41. The summed E-state index contributed by atoms with van der Waals surface area (Å²) in [5, 5.41) is 9.75. The molecule has 0 amide bonds. The Labute approximate surface area is 90.9 Å².